The Bertz CT molecular complexity index is 411. The van der Waals surface area contributed by atoms with Crippen molar-refractivity contribution >= 4 is 22.6 Å². The van der Waals surface area contributed by atoms with E-state index < -0.39 is 0 Å². The highest BCUT2D eigenvalue weighted by Crippen LogP contribution is 2.24. The normalized spacial score (nSPS) is 23.6. The second-order valence-corrected chi connectivity index (χ2v) is 6.04. The Hall–Kier alpha value is -0.960. The Kier molecular flexibility index (Phi) is 4.70. The van der Waals surface area contributed by atoms with Crippen LogP contribution in [0.3, 0.4) is 0 Å². The maximum absolute atomic E-state index is 4.69. The van der Waals surface area contributed by atoms with Crippen LogP contribution in [-0.4, -0.2) is 17.0 Å². The summed E-state index contributed by atoms with van der Waals surface area (Å²) in [5.74, 6) is 1.83. The largest absolute Gasteiger partial charge is 0.335 e. The molecule has 2 rings (SSSR count). The molecule has 0 saturated carbocycles. The SMILES string of the molecule is CCCc1ccc(NC2=NC(C)C(C)CS2)cc1. The lowest BCUT2D eigenvalue weighted by molar-refractivity contribution is 0.537. The molecule has 0 saturated heterocycles. The molecule has 1 heterocycles. The second-order valence-electron chi connectivity index (χ2n) is 5.04. The standard InChI is InChI=1S/C15H22N2S/c1-4-5-13-6-8-14(9-7-13)17-15-16-12(3)11(2)10-18-15/h6-9,11-12H,4-5,10H2,1-3H3,(H,16,17). The number of nitrogens with zero attached hydrogens (tertiary/aromatic N) is 1. The van der Waals surface area contributed by atoms with E-state index in [-0.39, 0.29) is 0 Å². The minimum atomic E-state index is 0.424. The zero-order valence-electron chi connectivity index (χ0n) is 11.4. The van der Waals surface area contributed by atoms with Gasteiger partial charge in [0, 0.05) is 11.4 Å². The van der Waals surface area contributed by atoms with Gasteiger partial charge in [-0.3, -0.25) is 4.99 Å². The van der Waals surface area contributed by atoms with Gasteiger partial charge in [-0.15, -0.1) is 0 Å². The highest BCUT2D eigenvalue weighted by molar-refractivity contribution is 8.14. The number of anilines is 1. The van der Waals surface area contributed by atoms with Gasteiger partial charge < -0.3 is 5.32 Å². The third-order valence-electron chi connectivity index (χ3n) is 3.37. The van der Waals surface area contributed by atoms with Gasteiger partial charge in [0.25, 0.3) is 0 Å². The number of rotatable bonds is 3. The molecule has 1 aliphatic rings. The predicted octanol–water partition coefficient (Wildman–Crippen LogP) is 4.18. The number of hydrogen-bond donors (Lipinski definition) is 1. The molecule has 0 aliphatic carbocycles. The summed E-state index contributed by atoms with van der Waals surface area (Å²) in [4.78, 5) is 4.69. The highest BCUT2D eigenvalue weighted by Gasteiger charge is 2.18. The summed E-state index contributed by atoms with van der Waals surface area (Å²) >= 11 is 1.82. The smallest absolute Gasteiger partial charge is 0.161 e. The van der Waals surface area contributed by atoms with Crippen LogP contribution < -0.4 is 5.32 Å². The maximum Gasteiger partial charge on any atom is 0.161 e. The molecule has 2 nitrogen and oxygen atoms in total. The average Bonchev–Trinajstić information content (AvgIpc) is 2.37. The molecule has 0 spiro atoms. The molecule has 0 fully saturated rings. The van der Waals surface area contributed by atoms with Crippen LogP contribution >= 0.6 is 11.8 Å². The number of nitrogens with one attached hydrogen (secondary N) is 1. The number of aryl methyl sites for hydroxylation is 1. The Morgan fingerprint density at radius 2 is 2.00 bits per heavy atom. The van der Waals surface area contributed by atoms with Gasteiger partial charge in [-0.25, -0.2) is 0 Å². The van der Waals surface area contributed by atoms with Crippen molar-refractivity contribution in [2.24, 2.45) is 10.9 Å². The van der Waals surface area contributed by atoms with Crippen molar-refractivity contribution in [1.82, 2.24) is 0 Å². The molecule has 0 radical (unpaired) electrons. The number of aliphatic imine (C=N–C) groups is 1. The molecular formula is C15H22N2S. The Balaban J connectivity index is 1.99. The summed E-state index contributed by atoms with van der Waals surface area (Å²) in [7, 11) is 0. The van der Waals surface area contributed by atoms with Crippen molar-refractivity contribution in [2.75, 3.05) is 11.1 Å². The van der Waals surface area contributed by atoms with E-state index in [4.69, 9.17) is 0 Å². The molecule has 2 unspecified atom stereocenters. The van der Waals surface area contributed by atoms with Crippen LogP contribution in [0.2, 0.25) is 0 Å². The fourth-order valence-electron chi connectivity index (χ4n) is 1.93. The zero-order valence-corrected chi connectivity index (χ0v) is 12.3. The van der Waals surface area contributed by atoms with Gasteiger partial charge in [-0.05, 0) is 37.0 Å². The predicted molar refractivity (Wildman–Crippen MR) is 82.6 cm³/mol. The number of thioether (sulfide) groups is 1. The monoisotopic (exact) mass is 262 g/mol. The molecule has 0 bridgehead atoms. The fraction of sp³-hybridized carbons (Fsp3) is 0.533. The maximum atomic E-state index is 4.69. The molecule has 2 atom stereocenters. The van der Waals surface area contributed by atoms with Gasteiger partial charge in [0.2, 0.25) is 0 Å². The van der Waals surface area contributed by atoms with Gasteiger partial charge in [0.15, 0.2) is 5.17 Å². The minimum absolute atomic E-state index is 0.424. The number of hydrogen-bond acceptors (Lipinski definition) is 3. The lowest BCUT2D eigenvalue weighted by Gasteiger charge is -2.23. The molecule has 3 heteroatoms. The first-order valence-corrected chi connectivity index (χ1v) is 7.74. The van der Waals surface area contributed by atoms with Crippen LogP contribution in [0, 0.1) is 5.92 Å². The number of benzene rings is 1. The summed E-state index contributed by atoms with van der Waals surface area (Å²) < 4.78 is 0. The molecule has 1 aromatic rings. The summed E-state index contributed by atoms with van der Waals surface area (Å²) in [6.45, 7) is 6.66. The highest BCUT2D eigenvalue weighted by atomic mass is 32.2. The third kappa shape index (κ3) is 3.52. The Labute approximate surface area is 114 Å². The number of amidine groups is 1. The van der Waals surface area contributed by atoms with Crippen LogP contribution in [0.4, 0.5) is 5.69 Å². The van der Waals surface area contributed by atoms with E-state index in [0.29, 0.717) is 12.0 Å². The van der Waals surface area contributed by atoms with Crippen LogP contribution in [0.1, 0.15) is 32.8 Å². The Morgan fingerprint density at radius 3 is 2.61 bits per heavy atom. The lowest BCUT2D eigenvalue weighted by Crippen LogP contribution is -2.25. The van der Waals surface area contributed by atoms with E-state index in [1.54, 1.807) is 0 Å². The summed E-state index contributed by atoms with van der Waals surface area (Å²) in [5.41, 5.74) is 2.55. The van der Waals surface area contributed by atoms with Gasteiger partial charge in [0.1, 0.15) is 0 Å². The fourth-order valence-corrected chi connectivity index (χ4v) is 3.06. The van der Waals surface area contributed by atoms with Crippen molar-refractivity contribution in [3.05, 3.63) is 29.8 Å². The molecule has 1 aromatic carbocycles. The summed E-state index contributed by atoms with van der Waals surface area (Å²) in [6.07, 6.45) is 2.36. The van der Waals surface area contributed by atoms with E-state index in [1.165, 1.54) is 12.0 Å². The third-order valence-corrected chi connectivity index (χ3v) is 4.54. The average molecular weight is 262 g/mol. The van der Waals surface area contributed by atoms with E-state index >= 15 is 0 Å². The summed E-state index contributed by atoms with van der Waals surface area (Å²) in [5, 5.41) is 4.47. The topological polar surface area (TPSA) is 24.4 Å². The van der Waals surface area contributed by atoms with Crippen molar-refractivity contribution in [3.63, 3.8) is 0 Å². The molecule has 1 N–H and O–H groups in total. The first-order valence-electron chi connectivity index (χ1n) is 6.75. The van der Waals surface area contributed by atoms with Gasteiger partial charge in [0.05, 0.1) is 6.04 Å². The first-order chi connectivity index (χ1) is 8.69. The van der Waals surface area contributed by atoms with Crippen molar-refractivity contribution in [2.45, 2.75) is 39.7 Å². The second kappa shape index (κ2) is 6.28. The van der Waals surface area contributed by atoms with E-state index in [1.807, 2.05) is 11.8 Å². The van der Waals surface area contributed by atoms with Crippen LogP contribution in [0.25, 0.3) is 0 Å². The van der Waals surface area contributed by atoms with Crippen LogP contribution in [-0.2, 0) is 6.42 Å². The molecule has 0 aromatic heterocycles. The Morgan fingerprint density at radius 1 is 1.28 bits per heavy atom. The van der Waals surface area contributed by atoms with E-state index in [9.17, 15) is 0 Å². The molecular weight excluding hydrogens is 240 g/mol. The summed E-state index contributed by atoms with van der Waals surface area (Å²) in [6, 6.07) is 9.12. The van der Waals surface area contributed by atoms with Crippen molar-refractivity contribution in [1.29, 1.82) is 0 Å². The van der Waals surface area contributed by atoms with Gasteiger partial charge >= 0.3 is 0 Å². The minimum Gasteiger partial charge on any atom is -0.335 e. The van der Waals surface area contributed by atoms with Crippen LogP contribution in [0.5, 0.6) is 0 Å². The lowest BCUT2D eigenvalue weighted by atomic mass is 10.1. The quantitative estimate of drug-likeness (QED) is 0.883. The van der Waals surface area contributed by atoms with E-state index in [0.717, 1.165) is 23.0 Å². The zero-order chi connectivity index (χ0) is 13.0. The van der Waals surface area contributed by atoms with Gasteiger partial charge in [-0.1, -0.05) is 44.2 Å². The molecule has 18 heavy (non-hydrogen) atoms. The van der Waals surface area contributed by atoms with E-state index in [2.05, 4.69) is 55.3 Å². The van der Waals surface area contributed by atoms with Crippen LogP contribution in [0.15, 0.2) is 29.3 Å². The molecule has 98 valence electrons. The van der Waals surface area contributed by atoms with Gasteiger partial charge in [-0.2, -0.15) is 0 Å². The van der Waals surface area contributed by atoms with Crippen molar-refractivity contribution in [3.8, 4) is 0 Å². The molecule has 1 aliphatic heterocycles. The first kappa shape index (κ1) is 13.5. The molecule has 0 amide bonds. The van der Waals surface area contributed by atoms with Crippen molar-refractivity contribution < 1.29 is 0 Å².